The number of rotatable bonds is 10. The third-order valence-electron chi connectivity index (χ3n) is 2.54. The van der Waals surface area contributed by atoms with Gasteiger partial charge in [0.15, 0.2) is 0 Å². The van der Waals surface area contributed by atoms with Crippen molar-refractivity contribution in [1.82, 2.24) is 4.90 Å². The predicted octanol–water partition coefficient (Wildman–Crippen LogP) is -0.612. The molecule has 0 fully saturated rings. The smallest absolute Gasteiger partial charge is 0.325 e. The molecular weight excluding hydrogens is 252 g/mol. The normalized spacial score (nSPS) is 12.0. The second-order valence-electron chi connectivity index (χ2n) is 3.91. The minimum absolute atomic E-state index is 0.0863. The second-order valence-corrected chi connectivity index (χ2v) is 3.91. The first-order valence-corrected chi connectivity index (χ1v) is 6.24. The lowest BCUT2D eigenvalue weighted by Gasteiger charge is -2.23. The molecule has 7 heteroatoms. The maximum Gasteiger partial charge on any atom is 0.325 e. The van der Waals surface area contributed by atoms with Crippen LogP contribution in [-0.2, 0) is 23.8 Å². The van der Waals surface area contributed by atoms with Crippen LogP contribution in [0.15, 0.2) is 0 Å². The van der Waals surface area contributed by atoms with Gasteiger partial charge in [0.25, 0.3) is 0 Å². The summed E-state index contributed by atoms with van der Waals surface area (Å²) >= 11 is 0. The Hall–Kier alpha value is -1.18. The maximum atomic E-state index is 12.0. The highest BCUT2D eigenvalue weighted by Gasteiger charge is 2.20. The molecule has 0 aromatic rings. The molecule has 1 atom stereocenters. The molecule has 2 N–H and O–H groups in total. The van der Waals surface area contributed by atoms with Crippen LogP contribution >= 0.6 is 0 Å². The van der Waals surface area contributed by atoms with E-state index < -0.39 is 5.97 Å². The maximum absolute atomic E-state index is 12.0. The van der Waals surface area contributed by atoms with E-state index >= 15 is 0 Å². The summed E-state index contributed by atoms with van der Waals surface area (Å²) in [4.78, 5) is 24.9. The average molecular weight is 276 g/mol. The average Bonchev–Trinajstić information content (AvgIpc) is 2.40. The summed E-state index contributed by atoms with van der Waals surface area (Å²) in [5.74, 6) is -0.643. The molecule has 0 aliphatic heterocycles. The zero-order chi connectivity index (χ0) is 14.7. The van der Waals surface area contributed by atoms with Gasteiger partial charge in [-0.15, -0.1) is 0 Å². The topological polar surface area (TPSA) is 91.1 Å². The van der Waals surface area contributed by atoms with Gasteiger partial charge in [-0.05, 0) is 6.92 Å². The molecule has 0 bridgehead atoms. The molecule has 19 heavy (non-hydrogen) atoms. The van der Waals surface area contributed by atoms with Gasteiger partial charge in [0.2, 0.25) is 5.91 Å². The molecule has 0 radical (unpaired) electrons. The van der Waals surface area contributed by atoms with Crippen molar-refractivity contribution >= 4 is 11.9 Å². The molecule has 112 valence electrons. The first-order chi connectivity index (χ1) is 9.08. The van der Waals surface area contributed by atoms with Gasteiger partial charge in [0.1, 0.15) is 6.54 Å². The Kier molecular flexibility index (Phi) is 10.1. The fraction of sp³-hybridized carbons (Fsp3) is 0.833. The number of amides is 1. The molecule has 7 nitrogen and oxygen atoms in total. The van der Waals surface area contributed by atoms with Gasteiger partial charge >= 0.3 is 5.97 Å². The molecule has 1 amide bonds. The number of hydrogen-bond donors (Lipinski definition) is 1. The molecule has 0 aromatic heterocycles. The Morgan fingerprint density at radius 1 is 1.32 bits per heavy atom. The number of nitrogens with two attached hydrogens (primary N) is 1. The second kappa shape index (κ2) is 10.7. The van der Waals surface area contributed by atoms with E-state index in [1.165, 1.54) is 19.1 Å². The van der Waals surface area contributed by atoms with E-state index in [1.807, 2.05) is 0 Å². The van der Waals surface area contributed by atoms with Crippen molar-refractivity contribution in [2.75, 3.05) is 47.1 Å². The fourth-order valence-electron chi connectivity index (χ4n) is 1.44. The summed E-state index contributed by atoms with van der Waals surface area (Å²) in [6, 6.07) is 0. The van der Waals surface area contributed by atoms with Crippen molar-refractivity contribution in [3.05, 3.63) is 0 Å². The molecular formula is C12H24N2O5. The van der Waals surface area contributed by atoms with Crippen LogP contribution < -0.4 is 5.73 Å². The van der Waals surface area contributed by atoms with Crippen molar-refractivity contribution in [3.63, 3.8) is 0 Å². The molecule has 1 unspecified atom stereocenters. The highest BCUT2D eigenvalue weighted by Crippen LogP contribution is 2.02. The summed E-state index contributed by atoms with van der Waals surface area (Å²) in [7, 11) is 3.03. The van der Waals surface area contributed by atoms with Crippen LogP contribution in [0.4, 0.5) is 0 Å². The quantitative estimate of drug-likeness (QED) is 0.535. The molecule has 0 aromatic carbocycles. The Morgan fingerprint density at radius 3 is 2.47 bits per heavy atom. The Bertz CT molecular complexity index is 269. The summed E-state index contributed by atoms with van der Waals surface area (Å²) < 4.78 is 14.8. The number of carbonyl (C=O) groups excluding carboxylic acids is 2. The van der Waals surface area contributed by atoms with Crippen LogP contribution in [0.3, 0.4) is 0 Å². The lowest BCUT2D eigenvalue weighted by atomic mass is 10.2. The van der Waals surface area contributed by atoms with Gasteiger partial charge in [0, 0.05) is 27.3 Å². The van der Waals surface area contributed by atoms with Crippen molar-refractivity contribution in [1.29, 1.82) is 0 Å². The summed E-state index contributed by atoms with van der Waals surface area (Å²) in [6.45, 7) is 2.85. The number of ether oxygens (including phenoxy) is 3. The van der Waals surface area contributed by atoms with Gasteiger partial charge in [-0.3, -0.25) is 9.59 Å². The zero-order valence-corrected chi connectivity index (χ0v) is 11.9. The van der Waals surface area contributed by atoms with E-state index in [2.05, 4.69) is 0 Å². The van der Waals surface area contributed by atoms with Crippen LogP contribution in [-0.4, -0.2) is 69.9 Å². The molecule has 0 heterocycles. The van der Waals surface area contributed by atoms with Gasteiger partial charge in [-0.25, -0.2) is 0 Å². The molecule has 0 rings (SSSR count). The van der Waals surface area contributed by atoms with Gasteiger partial charge in [-0.1, -0.05) is 0 Å². The van der Waals surface area contributed by atoms with Crippen LogP contribution in [0.5, 0.6) is 0 Å². The first-order valence-electron chi connectivity index (χ1n) is 6.24. The van der Waals surface area contributed by atoms with Crippen LogP contribution in [0.1, 0.15) is 13.3 Å². The zero-order valence-electron chi connectivity index (χ0n) is 11.9. The van der Waals surface area contributed by atoms with Gasteiger partial charge in [0.05, 0.1) is 25.7 Å². The molecule has 0 saturated carbocycles. The Morgan fingerprint density at radius 2 is 2.00 bits per heavy atom. The lowest BCUT2D eigenvalue weighted by Crippen LogP contribution is -2.41. The summed E-state index contributed by atoms with van der Waals surface area (Å²) in [6.07, 6.45) is -0.212. The third-order valence-corrected chi connectivity index (χ3v) is 2.54. The number of carbonyl (C=O) groups is 2. The SMILES string of the molecule is CCOC(=O)CN(CCOC)C(=O)CC(CN)OC. The predicted molar refractivity (Wildman–Crippen MR) is 69.6 cm³/mol. The Balaban J connectivity index is 4.45. The molecule has 0 aliphatic rings. The first kappa shape index (κ1) is 17.8. The van der Waals surface area contributed by atoms with Crippen molar-refractivity contribution in [3.8, 4) is 0 Å². The molecule has 0 saturated heterocycles. The van der Waals surface area contributed by atoms with E-state index in [0.717, 1.165) is 0 Å². The van der Waals surface area contributed by atoms with E-state index in [4.69, 9.17) is 19.9 Å². The molecule has 0 spiro atoms. The number of hydrogen-bond acceptors (Lipinski definition) is 6. The highest BCUT2D eigenvalue weighted by atomic mass is 16.5. The van der Waals surface area contributed by atoms with Crippen molar-refractivity contribution < 1.29 is 23.8 Å². The highest BCUT2D eigenvalue weighted by molar-refractivity contribution is 5.82. The number of nitrogens with zero attached hydrogens (tertiary/aromatic N) is 1. The summed E-state index contributed by atoms with van der Waals surface area (Å²) in [5.41, 5.74) is 5.47. The van der Waals surface area contributed by atoms with Crippen LogP contribution in [0.25, 0.3) is 0 Å². The monoisotopic (exact) mass is 276 g/mol. The minimum Gasteiger partial charge on any atom is -0.465 e. The number of esters is 1. The van der Waals surface area contributed by atoms with Gasteiger partial charge < -0.3 is 24.8 Å². The van der Waals surface area contributed by atoms with E-state index in [0.29, 0.717) is 13.2 Å². The van der Waals surface area contributed by atoms with Gasteiger partial charge in [-0.2, -0.15) is 0 Å². The van der Waals surface area contributed by atoms with Crippen molar-refractivity contribution in [2.45, 2.75) is 19.4 Å². The lowest BCUT2D eigenvalue weighted by molar-refractivity contribution is -0.150. The van der Waals surface area contributed by atoms with Crippen LogP contribution in [0.2, 0.25) is 0 Å². The number of methoxy groups -OCH3 is 2. The minimum atomic E-state index is -0.436. The van der Waals surface area contributed by atoms with Crippen molar-refractivity contribution in [2.24, 2.45) is 5.73 Å². The van der Waals surface area contributed by atoms with E-state index in [9.17, 15) is 9.59 Å². The fourth-order valence-corrected chi connectivity index (χ4v) is 1.44. The summed E-state index contributed by atoms with van der Waals surface area (Å²) in [5, 5.41) is 0. The van der Waals surface area contributed by atoms with E-state index in [-0.39, 0.29) is 38.1 Å². The molecule has 0 aliphatic carbocycles. The van der Waals surface area contributed by atoms with E-state index in [1.54, 1.807) is 6.92 Å². The third kappa shape index (κ3) is 7.76. The standard InChI is InChI=1S/C12H24N2O5/c1-4-19-12(16)9-14(5-6-17-2)11(15)7-10(8-13)18-3/h10H,4-9,13H2,1-3H3. The Labute approximate surface area is 114 Å². The van der Waals surface area contributed by atoms with Crippen LogP contribution in [0, 0.1) is 0 Å². The largest absolute Gasteiger partial charge is 0.465 e.